The van der Waals surface area contributed by atoms with Crippen molar-refractivity contribution < 1.29 is 54.8 Å². The lowest BCUT2D eigenvalue weighted by Crippen LogP contribution is -2.20. The third kappa shape index (κ3) is 11.5. The van der Waals surface area contributed by atoms with E-state index in [0.29, 0.717) is 62.6 Å². The summed E-state index contributed by atoms with van der Waals surface area (Å²) in [6.45, 7) is 2.35. The van der Waals surface area contributed by atoms with E-state index in [4.69, 9.17) is 28.4 Å². The van der Waals surface area contributed by atoms with E-state index >= 15 is 0 Å². The standard InChI is InChI=1S/C36H40F6O6/c37-35(38,39)33-31(45-21-1-5-25-9-13-27(14-10-25)43-19-3-7-29-23-47-29)17-18-32(34(33)36(40,41)42)46-22-2-6-26-11-15-28(16-12-26)44-20-4-8-30-24-48-30/h9-18,29-30H,1-8,19-24H2. The third-order valence-electron chi connectivity index (χ3n) is 7.96. The molecule has 12 heteroatoms. The van der Waals surface area contributed by atoms with Crippen molar-refractivity contribution in [2.45, 2.75) is 75.9 Å². The summed E-state index contributed by atoms with van der Waals surface area (Å²) in [7, 11) is 0. The fraction of sp³-hybridized carbons (Fsp3) is 0.500. The molecule has 2 aliphatic rings. The highest BCUT2D eigenvalue weighted by atomic mass is 19.4. The van der Waals surface area contributed by atoms with Crippen molar-refractivity contribution in [2.75, 3.05) is 39.6 Å². The Morgan fingerprint density at radius 2 is 0.854 bits per heavy atom. The summed E-state index contributed by atoms with van der Waals surface area (Å²) in [6.07, 6.45) is -4.75. The third-order valence-corrected chi connectivity index (χ3v) is 7.96. The molecule has 0 aliphatic carbocycles. The van der Waals surface area contributed by atoms with Gasteiger partial charge in [0, 0.05) is 0 Å². The molecule has 2 heterocycles. The van der Waals surface area contributed by atoms with E-state index in [-0.39, 0.29) is 13.2 Å². The van der Waals surface area contributed by atoms with Gasteiger partial charge in [-0.1, -0.05) is 24.3 Å². The Kier molecular flexibility index (Phi) is 12.4. The molecule has 0 amide bonds. The van der Waals surface area contributed by atoms with Crippen LogP contribution in [-0.2, 0) is 34.7 Å². The first-order valence-electron chi connectivity index (χ1n) is 16.3. The minimum absolute atomic E-state index is 0.207. The lowest BCUT2D eigenvalue weighted by molar-refractivity contribution is -0.164. The topological polar surface area (TPSA) is 62.0 Å². The molecule has 0 N–H and O–H groups in total. The number of halogens is 6. The predicted molar refractivity (Wildman–Crippen MR) is 166 cm³/mol. The van der Waals surface area contributed by atoms with Crippen LogP contribution >= 0.6 is 0 Å². The first-order valence-corrected chi connectivity index (χ1v) is 16.3. The van der Waals surface area contributed by atoms with Gasteiger partial charge < -0.3 is 28.4 Å². The summed E-state index contributed by atoms with van der Waals surface area (Å²) in [5.74, 6) is -0.362. The molecule has 2 aliphatic heterocycles. The highest BCUT2D eigenvalue weighted by Gasteiger charge is 2.48. The zero-order valence-corrected chi connectivity index (χ0v) is 26.5. The molecule has 3 aromatic carbocycles. The van der Waals surface area contributed by atoms with Crippen LogP contribution in [0.1, 0.15) is 60.8 Å². The molecular formula is C36H40F6O6. The molecule has 2 saturated heterocycles. The van der Waals surface area contributed by atoms with Gasteiger partial charge in [-0.15, -0.1) is 0 Å². The monoisotopic (exact) mass is 682 g/mol. The fourth-order valence-corrected chi connectivity index (χ4v) is 5.26. The average molecular weight is 683 g/mol. The van der Waals surface area contributed by atoms with Crippen molar-refractivity contribution in [1.29, 1.82) is 0 Å². The molecule has 48 heavy (non-hydrogen) atoms. The molecule has 2 atom stereocenters. The number of ether oxygens (including phenoxy) is 6. The molecule has 3 aromatic rings. The quantitative estimate of drug-likeness (QED) is 0.0675. The van der Waals surface area contributed by atoms with Crippen LogP contribution in [0.25, 0.3) is 0 Å². The van der Waals surface area contributed by atoms with Crippen LogP contribution in [0.15, 0.2) is 60.7 Å². The molecular weight excluding hydrogens is 642 g/mol. The Labute approximate surface area is 276 Å². The maximum Gasteiger partial charge on any atom is 0.420 e. The maximum absolute atomic E-state index is 14.1. The Hall–Kier alpha value is -3.64. The van der Waals surface area contributed by atoms with Gasteiger partial charge in [-0.3, -0.25) is 0 Å². The van der Waals surface area contributed by atoms with Crippen molar-refractivity contribution in [2.24, 2.45) is 0 Å². The van der Waals surface area contributed by atoms with Gasteiger partial charge >= 0.3 is 12.4 Å². The number of aryl methyl sites for hydroxylation is 2. The van der Waals surface area contributed by atoms with E-state index in [0.717, 1.165) is 62.2 Å². The van der Waals surface area contributed by atoms with Crippen molar-refractivity contribution >= 4 is 0 Å². The number of rotatable bonds is 20. The van der Waals surface area contributed by atoms with Gasteiger partial charge in [-0.05, 0) is 98.9 Å². The molecule has 6 nitrogen and oxygen atoms in total. The van der Waals surface area contributed by atoms with Crippen LogP contribution in [-0.4, -0.2) is 51.8 Å². The van der Waals surface area contributed by atoms with Gasteiger partial charge in [-0.2, -0.15) is 26.3 Å². The van der Waals surface area contributed by atoms with E-state index in [9.17, 15) is 26.3 Å². The predicted octanol–water partition coefficient (Wildman–Crippen LogP) is 8.86. The molecule has 2 fully saturated rings. The van der Waals surface area contributed by atoms with E-state index in [1.54, 1.807) is 24.3 Å². The summed E-state index contributed by atoms with van der Waals surface area (Å²) in [4.78, 5) is 0. The normalized spacial score (nSPS) is 17.2. The Morgan fingerprint density at radius 3 is 1.19 bits per heavy atom. The molecule has 0 aromatic heterocycles. The number of hydrogen-bond acceptors (Lipinski definition) is 6. The summed E-state index contributed by atoms with van der Waals surface area (Å²) < 4.78 is 117. The molecule has 0 saturated carbocycles. The number of epoxide rings is 2. The maximum atomic E-state index is 14.1. The first kappa shape index (κ1) is 35.7. The van der Waals surface area contributed by atoms with Crippen LogP contribution in [0, 0.1) is 0 Å². The fourth-order valence-electron chi connectivity index (χ4n) is 5.26. The van der Waals surface area contributed by atoms with Gasteiger partial charge in [0.1, 0.15) is 34.1 Å². The second-order valence-electron chi connectivity index (χ2n) is 11.9. The Balaban J connectivity index is 1.10. The molecule has 0 bridgehead atoms. The minimum atomic E-state index is -5.32. The van der Waals surface area contributed by atoms with Crippen LogP contribution in [0.5, 0.6) is 23.0 Å². The van der Waals surface area contributed by atoms with Crippen molar-refractivity contribution in [1.82, 2.24) is 0 Å². The zero-order chi connectivity index (χ0) is 34.0. The molecule has 0 radical (unpaired) electrons. The van der Waals surface area contributed by atoms with E-state index in [1.165, 1.54) is 0 Å². The zero-order valence-electron chi connectivity index (χ0n) is 26.5. The van der Waals surface area contributed by atoms with Crippen LogP contribution < -0.4 is 18.9 Å². The smallest absolute Gasteiger partial charge is 0.420 e. The first-order chi connectivity index (χ1) is 23.1. The highest BCUT2D eigenvalue weighted by Crippen LogP contribution is 2.49. The second-order valence-corrected chi connectivity index (χ2v) is 11.9. The number of benzene rings is 3. The number of alkyl halides is 6. The van der Waals surface area contributed by atoms with E-state index in [2.05, 4.69) is 0 Å². The van der Waals surface area contributed by atoms with Gasteiger partial charge in [0.15, 0.2) is 0 Å². The van der Waals surface area contributed by atoms with Crippen molar-refractivity contribution in [3.05, 3.63) is 82.9 Å². The highest BCUT2D eigenvalue weighted by molar-refractivity contribution is 5.52. The molecule has 262 valence electrons. The summed E-state index contributed by atoms with van der Waals surface area (Å²) in [5.41, 5.74) is -1.98. The van der Waals surface area contributed by atoms with Gasteiger partial charge in [0.05, 0.1) is 51.8 Å². The van der Waals surface area contributed by atoms with Crippen molar-refractivity contribution in [3.63, 3.8) is 0 Å². The second kappa shape index (κ2) is 16.6. The minimum Gasteiger partial charge on any atom is -0.494 e. The summed E-state index contributed by atoms with van der Waals surface area (Å²) in [5, 5.41) is 0. The summed E-state index contributed by atoms with van der Waals surface area (Å²) >= 11 is 0. The van der Waals surface area contributed by atoms with E-state index in [1.807, 2.05) is 24.3 Å². The molecule has 0 spiro atoms. The van der Waals surface area contributed by atoms with E-state index < -0.39 is 35.0 Å². The largest absolute Gasteiger partial charge is 0.494 e. The lowest BCUT2D eigenvalue weighted by Gasteiger charge is -2.22. The Bertz CT molecular complexity index is 1310. The average Bonchev–Trinajstić information content (AvgIpc) is 3.99. The van der Waals surface area contributed by atoms with Crippen LogP contribution in [0.2, 0.25) is 0 Å². The van der Waals surface area contributed by atoms with Gasteiger partial charge in [0.25, 0.3) is 0 Å². The van der Waals surface area contributed by atoms with Gasteiger partial charge in [0.2, 0.25) is 0 Å². The van der Waals surface area contributed by atoms with Crippen LogP contribution in [0.4, 0.5) is 26.3 Å². The Morgan fingerprint density at radius 1 is 0.500 bits per heavy atom. The number of hydrogen-bond donors (Lipinski definition) is 0. The lowest BCUT2D eigenvalue weighted by atomic mass is 10.0. The van der Waals surface area contributed by atoms with Crippen LogP contribution in [0.3, 0.4) is 0 Å². The summed E-state index contributed by atoms with van der Waals surface area (Å²) in [6, 6.07) is 16.4. The SMILES string of the molecule is FC(F)(F)c1c(OCCCc2ccc(OCCCC3CO3)cc2)ccc(OCCCc2ccc(OCCCC3CO3)cc2)c1C(F)(F)F. The molecule has 2 unspecified atom stereocenters. The molecule has 5 rings (SSSR count). The van der Waals surface area contributed by atoms with Crippen molar-refractivity contribution in [3.8, 4) is 23.0 Å². The van der Waals surface area contributed by atoms with Gasteiger partial charge in [-0.25, -0.2) is 0 Å².